The zero-order chi connectivity index (χ0) is 13.8. The van der Waals surface area contributed by atoms with Gasteiger partial charge in [-0.1, -0.05) is 12.0 Å². The molecule has 0 atom stereocenters. The molecular weight excluding hydrogens is 246 g/mol. The predicted octanol–water partition coefficient (Wildman–Crippen LogP) is 1.30. The van der Waals surface area contributed by atoms with E-state index in [1.165, 1.54) is 6.07 Å². The lowest BCUT2D eigenvalue weighted by Crippen LogP contribution is -2.27. The molecule has 1 N–H and O–H groups in total. The molecule has 0 spiro atoms. The number of nitrogens with one attached hydrogen (secondary N) is 1. The second-order valence-electron chi connectivity index (χ2n) is 3.89. The van der Waals surface area contributed by atoms with Gasteiger partial charge in [0.2, 0.25) is 5.91 Å². The topological polar surface area (TPSA) is 77.2 Å². The van der Waals surface area contributed by atoms with Crippen molar-refractivity contribution in [3.05, 3.63) is 40.6 Å². The summed E-state index contributed by atoms with van der Waals surface area (Å²) in [5.41, 5.74) is 0.672. The van der Waals surface area contributed by atoms with Gasteiger partial charge in [-0.15, -0.1) is 6.42 Å². The van der Waals surface area contributed by atoms with Crippen molar-refractivity contribution in [2.75, 3.05) is 6.54 Å². The van der Waals surface area contributed by atoms with Gasteiger partial charge < -0.3 is 9.88 Å². The van der Waals surface area contributed by atoms with Crippen molar-refractivity contribution in [2.24, 2.45) is 0 Å². The number of nitrogens with zero attached hydrogens (tertiary/aromatic N) is 2. The summed E-state index contributed by atoms with van der Waals surface area (Å²) in [5.74, 6) is 2.07. The van der Waals surface area contributed by atoms with Crippen LogP contribution in [0.3, 0.4) is 0 Å². The third-order valence-electron chi connectivity index (χ3n) is 2.69. The number of carbonyl (C=O) groups is 1. The van der Waals surface area contributed by atoms with E-state index in [4.69, 9.17) is 6.42 Å². The van der Waals surface area contributed by atoms with Gasteiger partial charge in [-0.25, -0.2) is 0 Å². The van der Waals surface area contributed by atoms with Gasteiger partial charge in [0, 0.05) is 12.3 Å². The first-order valence-electron chi connectivity index (χ1n) is 5.56. The Balaban J connectivity index is 2.31. The summed E-state index contributed by atoms with van der Waals surface area (Å²) < 4.78 is 1.65. The fourth-order valence-corrected chi connectivity index (χ4v) is 1.86. The van der Waals surface area contributed by atoms with Gasteiger partial charge in [0.05, 0.1) is 22.4 Å². The SMILES string of the molecule is C#CCNC(=O)Cn1ccc2c([N+](=O)[O-])cccc21. The monoisotopic (exact) mass is 257 g/mol. The molecule has 1 amide bonds. The summed E-state index contributed by atoms with van der Waals surface area (Å²) in [7, 11) is 0. The number of nitro benzene ring substituents is 1. The second kappa shape index (κ2) is 5.23. The first-order valence-corrected chi connectivity index (χ1v) is 5.56. The normalized spacial score (nSPS) is 10.1. The lowest BCUT2D eigenvalue weighted by molar-refractivity contribution is -0.383. The molecule has 0 aliphatic rings. The molecule has 2 aromatic rings. The molecule has 2 rings (SSSR count). The minimum atomic E-state index is -0.439. The number of non-ortho nitro benzene ring substituents is 1. The van der Waals surface area contributed by atoms with Crippen LogP contribution in [0.1, 0.15) is 0 Å². The average Bonchev–Trinajstić information content (AvgIpc) is 2.79. The van der Waals surface area contributed by atoms with Crippen LogP contribution < -0.4 is 5.32 Å². The Labute approximate surface area is 109 Å². The number of terminal acetylenes is 1. The minimum Gasteiger partial charge on any atom is -0.344 e. The molecule has 0 unspecified atom stereocenters. The molecule has 0 radical (unpaired) electrons. The summed E-state index contributed by atoms with van der Waals surface area (Å²) in [6, 6.07) is 6.39. The number of fused-ring (bicyclic) bond motifs is 1. The summed E-state index contributed by atoms with van der Waals surface area (Å²) >= 11 is 0. The zero-order valence-electron chi connectivity index (χ0n) is 10.00. The van der Waals surface area contributed by atoms with Gasteiger partial charge >= 0.3 is 0 Å². The van der Waals surface area contributed by atoms with E-state index in [-0.39, 0.29) is 24.7 Å². The molecule has 0 saturated carbocycles. The first-order chi connectivity index (χ1) is 9.13. The maximum absolute atomic E-state index is 11.6. The number of hydrogen-bond donors (Lipinski definition) is 1. The lowest BCUT2D eigenvalue weighted by atomic mass is 10.2. The molecule has 0 saturated heterocycles. The van der Waals surface area contributed by atoms with E-state index in [1.54, 1.807) is 29.0 Å². The van der Waals surface area contributed by atoms with Gasteiger partial charge in [0.1, 0.15) is 6.54 Å². The van der Waals surface area contributed by atoms with Crippen molar-refractivity contribution < 1.29 is 9.72 Å². The Morgan fingerprint density at radius 2 is 2.26 bits per heavy atom. The number of carbonyl (C=O) groups excluding carboxylic acids is 1. The molecule has 1 aromatic heterocycles. The smallest absolute Gasteiger partial charge is 0.278 e. The molecule has 0 aliphatic heterocycles. The molecule has 19 heavy (non-hydrogen) atoms. The van der Waals surface area contributed by atoms with E-state index < -0.39 is 4.92 Å². The molecule has 1 heterocycles. The number of aromatic nitrogens is 1. The van der Waals surface area contributed by atoms with E-state index in [0.717, 1.165) is 0 Å². The van der Waals surface area contributed by atoms with Crippen LogP contribution in [0.2, 0.25) is 0 Å². The Bertz CT molecular complexity index is 682. The van der Waals surface area contributed by atoms with Crippen LogP contribution >= 0.6 is 0 Å². The third kappa shape index (κ3) is 2.55. The average molecular weight is 257 g/mol. The number of rotatable bonds is 4. The fraction of sp³-hybridized carbons (Fsp3) is 0.154. The van der Waals surface area contributed by atoms with Gasteiger partial charge in [-0.3, -0.25) is 14.9 Å². The maximum Gasteiger partial charge on any atom is 0.278 e. The molecular formula is C13H11N3O3. The number of nitro groups is 1. The summed E-state index contributed by atoms with van der Waals surface area (Å²) in [6.45, 7) is 0.241. The third-order valence-corrected chi connectivity index (χ3v) is 2.69. The predicted molar refractivity (Wildman–Crippen MR) is 70.4 cm³/mol. The van der Waals surface area contributed by atoms with Crippen LogP contribution in [0, 0.1) is 22.5 Å². The molecule has 0 bridgehead atoms. The van der Waals surface area contributed by atoms with E-state index in [9.17, 15) is 14.9 Å². The van der Waals surface area contributed by atoms with E-state index in [0.29, 0.717) is 10.9 Å². The van der Waals surface area contributed by atoms with Crippen LogP contribution in [-0.4, -0.2) is 21.9 Å². The summed E-state index contributed by atoms with van der Waals surface area (Å²) in [4.78, 5) is 22.0. The van der Waals surface area contributed by atoms with Crippen LogP contribution in [0.5, 0.6) is 0 Å². The quantitative estimate of drug-likeness (QED) is 0.509. The minimum absolute atomic E-state index is 0.0280. The van der Waals surface area contributed by atoms with Crippen molar-refractivity contribution in [2.45, 2.75) is 6.54 Å². The highest BCUT2D eigenvalue weighted by Gasteiger charge is 2.14. The number of hydrogen-bond acceptors (Lipinski definition) is 3. The van der Waals surface area contributed by atoms with E-state index in [1.807, 2.05) is 0 Å². The van der Waals surface area contributed by atoms with Crippen molar-refractivity contribution >= 4 is 22.5 Å². The van der Waals surface area contributed by atoms with Crippen LogP contribution in [0.4, 0.5) is 5.69 Å². The van der Waals surface area contributed by atoms with Crippen molar-refractivity contribution in [1.82, 2.24) is 9.88 Å². The molecule has 1 aromatic carbocycles. The highest BCUT2D eigenvalue weighted by Crippen LogP contribution is 2.26. The van der Waals surface area contributed by atoms with E-state index in [2.05, 4.69) is 11.2 Å². The van der Waals surface area contributed by atoms with Crippen molar-refractivity contribution in [3.8, 4) is 12.3 Å². The maximum atomic E-state index is 11.6. The van der Waals surface area contributed by atoms with Crippen LogP contribution in [-0.2, 0) is 11.3 Å². The Morgan fingerprint density at radius 3 is 2.95 bits per heavy atom. The van der Waals surface area contributed by atoms with E-state index >= 15 is 0 Å². The van der Waals surface area contributed by atoms with Crippen LogP contribution in [0.25, 0.3) is 10.9 Å². The van der Waals surface area contributed by atoms with Gasteiger partial charge in [-0.2, -0.15) is 0 Å². The molecule has 6 heteroatoms. The fourth-order valence-electron chi connectivity index (χ4n) is 1.86. The Hall–Kier alpha value is -2.81. The Kier molecular flexibility index (Phi) is 3.48. The standard InChI is InChI=1S/C13H11N3O3/c1-2-7-14-13(17)9-15-8-6-10-11(15)4-3-5-12(10)16(18)19/h1,3-6,8H,7,9H2,(H,14,17). The van der Waals surface area contributed by atoms with Crippen molar-refractivity contribution in [3.63, 3.8) is 0 Å². The Morgan fingerprint density at radius 1 is 1.47 bits per heavy atom. The zero-order valence-corrected chi connectivity index (χ0v) is 10.00. The largest absolute Gasteiger partial charge is 0.344 e. The summed E-state index contributed by atoms with van der Waals surface area (Å²) in [5, 5.41) is 13.9. The summed E-state index contributed by atoms with van der Waals surface area (Å²) in [6.07, 6.45) is 6.69. The highest BCUT2D eigenvalue weighted by molar-refractivity contribution is 5.90. The van der Waals surface area contributed by atoms with Gasteiger partial charge in [0.15, 0.2) is 0 Å². The van der Waals surface area contributed by atoms with Crippen LogP contribution in [0.15, 0.2) is 30.5 Å². The molecule has 0 fully saturated rings. The van der Waals surface area contributed by atoms with Gasteiger partial charge in [0.25, 0.3) is 5.69 Å². The number of amides is 1. The molecule has 0 aliphatic carbocycles. The highest BCUT2D eigenvalue weighted by atomic mass is 16.6. The second-order valence-corrected chi connectivity index (χ2v) is 3.89. The first kappa shape index (κ1) is 12.6. The lowest BCUT2D eigenvalue weighted by Gasteiger charge is -2.05. The van der Waals surface area contributed by atoms with Gasteiger partial charge in [-0.05, 0) is 12.1 Å². The van der Waals surface area contributed by atoms with Crippen molar-refractivity contribution in [1.29, 1.82) is 0 Å². The number of benzene rings is 1. The molecule has 96 valence electrons. The molecule has 6 nitrogen and oxygen atoms in total.